The Labute approximate surface area is 114 Å². The highest BCUT2D eigenvalue weighted by molar-refractivity contribution is 4.84. The van der Waals surface area contributed by atoms with Crippen molar-refractivity contribution in [1.82, 2.24) is 5.32 Å². The topological polar surface area (TPSA) is 38.0 Å². The van der Waals surface area contributed by atoms with Crippen LogP contribution in [0.1, 0.15) is 78.1 Å². The average molecular weight is 254 g/mol. The maximum absolute atomic E-state index is 5.95. The van der Waals surface area contributed by atoms with Crippen molar-refractivity contribution in [3.8, 4) is 0 Å². The van der Waals surface area contributed by atoms with E-state index in [0.29, 0.717) is 0 Å². The van der Waals surface area contributed by atoms with Crippen molar-refractivity contribution in [3.05, 3.63) is 0 Å². The molecule has 2 heteroatoms. The quantitative estimate of drug-likeness (QED) is 0.550. The molecule has 1 atom stereocenters. The van der Waals surface area contributed by atoms with Crippen LogP contribution in [0.25, 0.3) is 0 Å². The molecule has 0 saturated heterocycles. The van der Waals surface area contributed by atoms with E-state index in [1.807, 2.05) is 0 Å². The molecule has 1 aliphatic rings. The lowest BCUT2D eigenvalue weighted by Crippen LogP contribution is -2.49. The summed E-state index contributed by atoms with van der Waals surface area (Å²) in [6.07, 6.45) is 13.7. The molecule has 1 aliphatic carbocycles. The third-order valence-electron chi connectivity index (χ3n) is 4.61. The Morgan fingerprint density at radius 2 is 1.89 bits per heavy atom. The summed E-state index contributed by atoms with van der Waals surface area (Å²) in [7, 11) is 0. The fourth-order valence-corrected chi connectivity index (χ4v) is 2.74. The third-order valence-corrected chi connectivity index (χ3v) is 4.61. The van der Waals surface area contributed by atoms with Crippen LogP contribution >= 0.6 is 0 Å². The SMILES string of the molecule is CCCCCCCC(C)(CN)NCCC1CCC1. The highest BCUT2D eigenvalue weighted by Gasteiger charge is 2.22. The molecule has 0 aromatic rings. The van der Waals surface area contributed by atoms with E-state index < -0.39 is 0 Å². The molecule has 18 heavy (non-hydrogen) atoms. The summed E-state index contributed by atoms with van der Waals surface area (Å²) in [5.74, 6) is 1.00. The minimum absolute atomic E-state index is 0.177. The summed E-state index contributed by atoms with van der Waals surface area (Å²) >= 11 is 0. The lowest BCUT2D eigenvalue weighted by atomic mass is 9.82. The smallest absolute Gasteiger partial charge is 0.0275 e. The summed E-state index contributed by atoms with van der Waals surface area (Å²) in [6.45, 7) is 6.50. The molecule has 108 valence electrons. The van der Waals surface area contributed by atoms with Crippen LogP contribution in [0.2, 0.25) is 0 Å². The summed E-state index contributed by atoms with van der Waals surface area (Å²) in [5, 5.41) is 3.71. The molecule has 0 heterocycles. The van der Waals surface area contributed by atoms with E-state index in [9.17, 15) is 0 Å². The summed E-state index contributed by atoms with van der Waals surface area (Å²) in [5.41, 5.74) is 6.13. The van der Waals surface area contributed by atoms with Crippen molar-refractivity contribution in [3.63, 3.8) is 0 Å². The second-order valence-corrected chi connectivity index (χ2v) is 6.44. The Bertz CT molecular complexity index is 201. The molecule has 0 aromatic heterocycles. The molecular weight excluding hydrogens is 220 g/mol. The number of rotatable bonds is 11. The number of hydrogen-bond acceptors (Lipinski definition) is 2. The Kier molecular flexibility index (Phi) is 7.92. The van der Waals surface area contributed by atoms with Crippen LogP contribution in [0, 0.1) is 5.92 Å². The van der Waals surface area contributed by atoms with Gasteiger partial charge in [0.05, 0.1) is 0 Å². The molecule has 0 amide bonds. The predicted molar refractivity (Wildman–Crippen MR) is 80.8 cm³/mol. The van der Waals surface area contributed by atoms with Gasteiger partial charge in [0.25, 0.3) is 0 Å². The fraction of sp³-hybridized carbons (Fsp3) is 1.00. The first-order valence-electron chi connectivity index (χ1n) is 8.15. The van der Waals surface area contributed by atoms with Crippen molar-refractivity contribution in [2.24, 2.45) is 11.7 Å². The monoisotopic (exact) mass is 254 g/mol. The molecule has 1 fully saturated rings. The van der Waals surface area contributed by atoms with Gasteiger partial charge in [-0.3, -0.25) is 0 Å². The summed E-state index contributed by atoms with van der Waals surface area (Å²) < 4.78 is 0. The zero-order valence-corrected chi connectivity index (χ0v) is 12.6. The Balaban J connectivity index is 2.06. The molecular formula is C16H34N2. The lowest BCUT2D eigenvalue weighted by molar-refractivity contribution is 0.262. The van der Waals surface area contributed by atoms with E-state index in [0.717, 1.165) is 19.0 Å². The first kappa shape index (κ1) is 16.0. The standard InChI is InChI=1S/C16H34N2/c1-3-4-5-6-7-12-16(2,14-17)18-13-11-15-9-8-10-15/h15,18H,3-14,17H2,1-2H3. The second-order valence-electron chi connectivity index (χ2n) is 6.44. The van der Waals surface area contributed by atoms with Gasteiger partial charge in [0.15, 0.2) is 0 Å². The lowest BCUT2D eigenvalue weighted by Gasteiger charge is -2.32. The minimum Gasteiger partial charge on any atom is -0.329 e. The number of unbranched alkanes of at least 4 members (excludes halogenated alkanes) is 4. The average Bonchev–Trinajstić information content (AvgIpc) is 2.32. The molecule has 0 spiro atoms. The Morgan fingerprint density at radius 1 is 1.17 bits per heavy atom. The van der Waals surface area contributed by atoms with E-state index in [1.54, 1.807) is 0 Å². The summed E-state index contributed by atoms with van der Waals surface area (Å²) in [6, 6.07) is 0. The van der Waals surface area contributed by atoms with Gasteiger partial charge in [-0.1, -0.05) is 58.3 Å². The zero-order chi connectivity index (χ0) is 13.3. The van der Waals surface area contributed by atoms with Gasteiger partial charge in [-0.2, -0.15) is 0 Å². The Morgan fingerprint density at radius 3 is 2.44 bits per heavy atom. The van der Waals surface area contributed by atoms with Gasteiger partial charge in [0.2, 0.25) is 0 Å². The largest absolute Gasteiger partial charge is 0.329 e. The highest BCUT2D eigenvalue weighted by Crippen LogP contribution is 2.29. The van der Waals surface area contributed by atoms with Gasteiger partial charge >= 0.3 is 0 Å². The molecule has 0 radical (unpaired) electrons. The van der Waals surface area contributed by atoms with Crippen LogP contribution in [-0.4, -0.2) is 18.6 Å². The minimum atomic E-state index is 0.177. The van der Waals surface area contributed by atoms with Gasteiger partial charge in [-0.25, -0.2) is 0 Å². The van der Waals surface area contributed by atoms with Crippen LogP contribution in [-0.2, 0) is 0 Å². The van der Waals surface area contributed by atoms with Crippen LogP contribution < -0.4 is 11.1 Å². The third kappa shape index (κ3) is 6.19. The van der Waals surface area contributed by atoms with Crippen molar-refractivity contribution in [1.29, 1.82) is 0 Å². The van der Waals surface area contributed by atoms with Crippen LogP contribution in [0.4, 0.5) is 0 Å². The van der Waals surface area contributed by atoms with Gasteiger partial charge in [-0.05, 0) is 32.2 Å². The predicted octanol–water partition coefficient (Wildman–Crippen LogP) is 3.84. The van der Waals surface area contributed by atoms with Crippen LogP contribution in [0.3, 0.4) is 0 Å². The van der Waals surface area contributed by atoms with Crippen LogP contribution in [0.15, 0.2) is 0 Å². The fourth-order valence-electron chi connectivity index (χ4n) is 2.74. The maximum atomic E-state index is 5.95. The highest BCUT2D eigenvalue weighted by atomic mass is 15.0. The van der Waals surface area contributed by atoms with Gasteiger partial charge < -0.3 is 11.1 Å². The number of nitrogens with two attached hydrogens (primary N) is 1. The number of hydrogen-bond donors (Lipinski definition) is 2. The molecule has 0 aliphatic heterocycles. The van der Waals surface area contributed by atoms with Crippen LogP contribution in [0.5, 0.6) is 0 Å². The summed E-state index contributed by atoms with van der Waals surface area (Å²) in [4.78, 5) is 0. The molecule has 1 rings (SSSR count). The van der Waals surface area contributed by atoms with Gasteiger partial charge in [0.1, 0.15) is 0 Å². The second kappa shape index (κ2) is 8.92. The maximum Gasteiger partial charge on any atom is 0.0275 e. The van der Waals surface area contributed by atoms with E-state index in [4.69, 9.17) is 5.73 Å². The van der Waals surface area contributed by atoms with Gasteiger partial charge in [-0.15, -0.1) is 0 Å². The first-order valence-corrected chi connectivity index (χ1v) is 8.15. The van der Waals surface area contributed by atoms with Gasteiger partial charge in [0, 0.05) is 12.1 Å². The van der Waals surface area contributed by atoms with E-state index in [2.05, 4.69) is 19.2 Å². The van der Waals surface area contributed by atoms with E-state index in [1.165, 1.54) is 64.2 Å². The normalized spacial score (nSPS) is 19.5. The van der Waals surface area contributed by atoms with Crippen molar-refractivity contribution < 1.29 is 0 Å². The van der Waals surface area contributed by atoms with Crippen molar-refractivity contribution in [2.75, 3.05) is 13.1 Å². The van der Waals surface area contributed by atoms with E-state index in [-0.39, 0.29) is 5.54 Å². The molecule has 2 nitrogen and oxygen atoms in total. The molecule has 1 saturated carbocycles. The first-order chi connectivity index (χ1) is 8.70. The zero-order valence-electron chi connectivity index (χ0n) is 12.6. The molecule has 0 aromatic carbocycles. The Hall–Kier alpha value is -0.0800. The van der Waals surface area contributed by atoms with Crippen molar-refractivity contribution >= 4 is 0 Å². The van der Waals surface area contributed by atoms with E-state index >= 15 is 0 Å². The molecule has 0 bridgehead atoms. The number of nitrogens with one attached hydrogen (secondary N) is 1. The molecule has 1 unspecified atom stereocenters. The van der Waals surface area contributed by atoms with Crippen molar-refractivity contribution in [2.45, 2.75) is 83.6 Å². The molecule has 3 N–H and O–H groups in total.